The maximum absolute atomic E-state index is 12.0. The summed E-state index contributed by atoms with van der Waals surface area (Å²) in [5.41, 5.74) is 1.60. The largest absolute Gasteiger partial charge is 0.506 e. The quantitative estimate of drug-likeness (QED) is 0.638. The molecule has 0 radical (unpaired) electrons. The summed E-state index contributed by atoms with van der Waals surface area (Å²) in [6.45, 7) is 1.88. The Morgan fingerprint density at radius 3 is 2.94 bits per heavy atom. The molecule has 0 aliphatic heterocycles. The third-order valence-corrected chi connectivity index (χ3v) is 3.46. The van der Waals surface area contributed by atoms with Crippen LogP contribution in [-0.4, -0.2) is 22.7 Å². The van der Waals surface area contributed by atoms with Gasteiger partial charge in [0.05, 0.1) is 5.69 Å². The van der Waals surface area contributed by atoms with E-state index in [1.54, 1.807) is 6.07 Å². The van der Waals surface area contributed by atoms with Gasteiger partial charge in [-0.3, -0.25) is 9.59 Å². The van der Waals surface area contributed by atoms with E-state index in [-0.39, 0.29) is 23.3 Å². The number of carbonyl (C=O) groups excluding carboxylic acids is 2. The van der Waals surface area contributed by atoms with Crippen molar-refractivity contribution in [3.05, 3.63) is 23.3 Å². The number of hydrogen-bond acceptors (Lipinski definition) is 3. The third-order valence-electron chi connectivity index (χ3n) is 3.22. The molecular weight excluding hydrogens is 254 g/mol. The maximum Gasteiger partial charge on any atom is 0.239 e. The maximum atomic E-state index is 12.0. The van der Waals surface area contributed by atoms with Crippen LogP contribution in [0.2, 0.25) is 0 Å². The lowest BCUT2D eigenvalue weighted by atomic mass is 9.83. The molecule has 2 rings (SSSR count). The van der Waals surface area contributed by atoms with Crippen LogP contribution in [0.25, 0.3) is 0 Å². The van der Waals surface area contributed by atoms with E-state index >= 15 is 0 Å². The van der Waals surface area contributed by atoms with Crippen LogP contribution in [0.4, 0.5) is 5.69 Å². The van der Waals surface area contributed by atoms with E-state index < -0.39 is 5.91 Å². The summed E-state index contributed by atoms with van der Waals surface area (Å²) in [6.07, 6.45) is 1.38. The van der Waals surface area contributed by atoms with Gasteiger partial charge in [0.1, 0.15) is 11.6 Å². The summed E-state index contributed by atoms with van der Waals surface area (Å²) < 4.78 is 0. The Labute approximate surface area is 110 Å². The van der Waals surface area contributed by atoms with Crippen LogP contribution in [-0.2, 0) is 11.2 Å². The summed E-state index contributed by atoms with van der Waals surface area (Å²) in [5, 5.41) is 12.3. The van der Waals surface area contributed by atoms with Gasteiger partial charge in [-0.1, -0.05) is 6.92 Å². The van der Waals surface area contributed by atoms with E-state index in [9.17, 15) is 14.7 Å². The summed E-state index contributed by atoms with van der Waals surface area (Å²) in [6, 6.07) is 3.04. The molecule has 2 N–H and O–H groups in total. The lowest BCUT2D eigenvalue weighted by Crippen LogP contribution is -2.23. The number of Topliss-reactive ketones (excluding diaryl/α,β-unsaturated/α-hetero) is 1. The molecule has 1 amide bonds. The summed E-state index contributed by atoms with van der Waals surface area (Å²) >= 11 is 5.43. The second-order valence-electron chi connectivity index (χ2n) is 4.47. The molecule has 0 bridgehead atoms. The van der Waals surface area contributed by atoms with Crippen LogP contribution in [0, 0.1) is 5.92 Å². The Morgan fingerprint density at radius 2 is 2.28 bits per heavy atom. The molecule has 1 aliphatic carbocycles. The topological polar surface area (TPSA) is 66.4 Å². The molecule has 0 saturated heterocycles. The minimum atomic E-state index is -0.397. The lowest BCUT2D eigenvalue weighted by Gasteiger charge is -2.23. The van der Waals surface area contributed by atoms with Gasteiger partial charge in [0.15, 0.2) is 5.78 Å². The van der Waals surface area contributed by atoms with Crippen LogP contribution in [0.1, 0.15) is 29.3 Å². The van der Waals surface area contributed by atoms with Crippen molar-refractivity contribution in [2.75, 3.05) is 11.2 Å². The molecule has 0 aromatic heterocycles. The monoisotopic (exact) mass is 267 g/mol. The van der Waals surface area contributed by atoms with Crippen molar-refractivity contribution in [3.8, 4) is 5.75 Å². The smallest absolute Gasteiger partial charge is 0.239 e. The number of benzene rings is 1. The molecule has 1 aromatic rings. The van der Waals surface area contributed by atoms with Crippen LogP contribution < -0.4 is 5.32 Å². The number of carbonyl (C=O) groups is 2. The molecule has 1 aliphatic rings. The second-order valence-corrected chi connectivity index (χ2v) is 4.74. The SMILES string of the molecule is CC1CCc2c(ccc(O)c2NC(=O)CCl)C1=O. The van der Waals surface area contributed by atoms with Crippen molar-refractivity contribution in [2.45, 2.75) is 19.8 Å². The van der Waals surface area contributed by atoms with Crippen molar-refractivity contribution < 1.29 is 14.7 Å². The Kier molecular flexibility index (Phi) is 3.57. The number of hydrogen-bond donors (Lipinski definition) is 2. The van der Waals surface area contributed by atoms with Crippen LogP contribution in [0.15, 0.2) is 12.1 Å². The zero-order valence-corrected chi connectivity index (χ0v) is 10.8. The molecule has 18 heavy (non-hydrogen) atoms. The highest BCUT2D eigenvalue weighted by atomic mass is 35.5. The highest BCUT2D eigenvalue weighted by Crippen LogP contribution is 2.36. The molecule has 5 heteroatoms. The third kappa shape index (κ3) is 2.20. The van der Waals surface area contributed by atoms with Gasteiger partial charge in [-0.2, -0.15) is 0 Å². The van der Waals surface area contributed by atoms with Crippen molar-refractivity contribution >= 4 is 29.0 Å². The van der Waals surface area contributed by atoms with E-state index in [4.69, 9.17) is 11.6 Å². The number of ketones is 1. The number of alkyl halides is 1. The van der Waals surface area contributed by atoms with Gasteiger partial charge in [0.2, 0.25) is 5.91 Å². The standard InChI is InChI=1S/C13H14ClNO3/c1-7-2-3-8-9(13(7)18)4-5-10(16)12(8)15-11(17)6-14/h4-5,7,16H,2-3,6H2,1H3,(H,15,17). The molecule has 4 nitrogen and oxygen atoms in total. The van der Waals surface area contributed by atoms with E-state index in [1.165, 1.54) is 6.07 Å². The zero-order valence-electron chi connectivity index (χ0n) is 10.00. The van der Waals surface area contributed by atoms with Crippen molar-refractivity contribution in [3.63, 3.8) is 0 Å². The van der Waals surface area contributed by atoms with Crippen molar-refractivity contribution in [1.82, 2.24) is 0 Å². The average Bonchev–Trinajstić information content (AvgIpc) is 2.36. The first kappa shape index (κ1) is 12.9. The number of amides is 1. The number of nitrogens with one attached hydrogen (secondary N) is 1. The fraction of sp³-hybridized carbons (Fsp3) is 0.385. The number of phenolic OH excluding ortho intramolecular Hbond substituents is 1. The predicted octanol–water partition coefficient (Wildman–Crippen LogP) is 2.33. The molecule has 0 saturated carbocycles. The van der Waals surface area contributed by atoms with Crippen molar-refractivity contribution in [2.24, 2.45) is 5.92 Å². The first-order valence-corrected chi connectivity index (χ1v) is 6.33. The fourth-order valence-corrected chi connectivity index (χ4v) is 2.26. The molecule has 96 valence electrons. The summed E-state index contributed by atoms with van der Waals surface area (Å²) in [4.78, 5) is 23.3. The van der Waals surface area contributed by atoms with Crippen LogP contribution in [0.3, 0.4) is 0 Å². The molecule has 0 spiro atoms. The Balaban J connectivity index is 2.47. The molecular formula is C13H14ClNO3. The highest BCUT2D eigenvalue weighted by molar-refractivity contribution is 6.29. The Hall–Kier alpha value is -1.55. The molecule has 1 atom stereocenters. The van der Waals surface area contributed by atoms with Gasteiger partial charge >= 0.3 is 0 Å². The normalized spacial score (nSPS) is 18.3. The number of rotatable bonds is 2. The number of fused-ring (bicyclic) bond motifs is 1. The van der Waals surface area contributed by atoms with E-state index in [1.807, 2.05) is 6.92 Å². The second kappa shape index (κ2) is 4.98. The first-order chi connectivity index (χ1) is 8.54. The summed E-state index contributed by atoms with van der Waals surface area (Å²) in [7, 11) is 0. The van der Waals surface area contributed by atoms with Gasteiger partial charge in [-0.25, -0.2) is 0 Å². The summed E-state index contributed by atoms with van der Waals surface area (Å²) in [5.74, 6) is -0.578. The van der Waals surface area contributed by atoms with Crippen LogP contribution >= 0.6 is 11.6 Å². The van der Waals surface area contributed by atoms with Gasteiger partial charge in [-0.05, 0) is 30.5 Å². The number of halogens is 1. The number of phenols is 1. The Morgan fingerprint density at radius 1 is 1.56 bits per heavy atom. The molecule has 0 fully saturated rings. The average molecular weight is 268 g/mol. The van der Waals surface area contributed by atoms with Gasteiger partial charge in [-0.15, -0.1) is 11.6 Å². The van der Waals surface area contributed by atoms with Gasteiger partial charge in [0.25, 0.3) is 0 Å². The van der Waals surface area contributed by atoms with Crippen molar-refractivity contribution in [1.29, 1.82) is 0 Å². The highest BCUT2D eigenvalue weighted by Gasteiger charge is 2.27. The predicted molar refractivity (Wildman–Crippen MR) is 69.3 cm³/mol. The van der Waals surface area contributed by atoms with E-state index in [0.717, 1.165) is 6.42 Å². The molecule has 0 heterocycles. The Bertz CT molecular complexity index is 513. The first-order valence-electron chi connectivity index (χ1n) is 5.79. The molecule has 1 unspecified atom stereocenters. The number of aromatic hydroxyl groups is 1. The zero-order chi connectivity index (χ0) is 13.3. The molecule has 1 aromatic carbocycles. The van der Waals surface area contributed by atoms with E-state index in [0.29, 0.717) is 23.2 Å². The fourth-order valence-electron chi connectivity index (χ4n) is 2.20. The lowest BCUT2D eigenvalue weighted by molar-refractivity contribution is -0.113. The van der Waals surface area contributed by atoms with Gasteiger partial charge < -0.3 is 10.4 Å². The minimum Gasteiger partial charge on any atom is -0.506 e. The van der Waals surface area contributed by atoms with E-state index in [2.05, 4.69) is 5.32 Å². The minimum absolute atomic E-state index is 0.0152. The van der Waals surface area contributed by atoms with Crippen LogP contribution in [0.5, 0.6) is 5.75 Å². The number of anilines is 1. The van der Waals surface area contributed by atoms with Gasteiger partial charge in [0, 0.05) is 11.5 Å².